The third-order valence-corrected chi connectivity index (χ3v) is 6.45. The summed E-state index contributed by atoms with van der Waals surface area (Å²) in [6.45, 7) is 1.51. The highest BCUT2D eigenvalue weighted by molar-refractivity contribution is 7.72. The quantitative estimate of drug-likeness (QED) is 0.537. The lowest BCUT2D eigenvalue weighted by molar-refractivity contribution is -0.119. The number of carbonyl (C=O) groups is 1. The van der Waals surface area contributed by atoms with Crippen LogP contribution in [0.15, 0.2) is 10.2 Å². The third-order valence-electron chi connectivity index (χ3n) is 2.48. The summed E-state index contributed by atoms with van der Waals surface area (Å²) < 4.78 is 22.4. The van der Waals surface area contributed by atoms with Crippen LogP contribution >= 0.6 is 15.2 Å². The molecule has 1 aliphatic rings. The van der Waals surface area contributed by atoms with Gasteiger partial charge in [-0.3, -0.25) is 13.9 Å². The predicted molar refractivity (Wildman–Crippen MR) is 55.4 cm³/mol. The molecule has 1 rings (SSSR count). The Kier molecular flexibility index (Phi) is 3.74. The van der Waals surface area contributed by atoms with Gasteiger partial charge in [0.25, 0.3) is 5.02 Å². The number of carbonyl (C=O) groups excluding carboxylic acids is 1. The largest absolute Gasteiger partial charge is 0.367 e. The number of azo groups is 1. The van der Waals surface area contributed by atoms with Crippen LogP contribution in [0.1, 0.15) is 19.8 Å². The number of Topliss-reactive ketones (excluding diaryl/α,β-unsaturated/α-hetero) is 1. The van der Waals surface area contributed by atoms with Crippen LogP contribution in [0.2, 0.25) is 0 Å². The Hall–Kier alpha value is -0.430. The molecule has 0 fully saturated rings. The van der Waals surface area contributed by atoms with E-state index in [2.05, 4.69) is 10.2 Å². The topological polar surface area (TPSA) is 157 Å². The van der Waals surface area contributed by atoms with Gasteiger partial charge in [-0.15, -0.1) is 0 Å². The summed E-state index contributed by atoms with van der Waals surface area (Å²) in [5.74, 6) is -0.475. The van der Waals surface area contributed by atoms with Crippen molar-refractivity contribution < 1.29 is 33.5 Å². The zero-order chi connectivity index (χ0) is 13.5. The minimum absolute atomic E-state index is 0.0437. The minimum Gasteiger partial charge on any atom is -0.322 e. The molecule has 17 heavy (non-hydrogen) atoms. The van der Waals surface area contributed by atoms with Crippen molar-refractivity contribution in [1.82, 2.24) is 0 Å². The standard InChI is InChI=1S/C6H12N2O7P2/c1-2-5(9)4-3-6(8-7-4,16(10,11)12)17(13,14)15/h4H,2-3H2,1H3,(H2,10,11,12)(H2,13,14,15). The molecular formula is C6H12N2O7P2. The van der Waals surface area contributed by atoms with Crippen LogP contribution in [0.5, 0.6) is 0 Å². The molecule has 0 saturated carbocycles. The average molecular weight is 286 g/mol. The van der Waals surface area contributed by atoms with E-state index in [1.165, 1.54) is 6.92 Å². The first-order chi connectivity index (χ1) is 7.55. The number of nitrogens with zero attached hydrogens (tertiary/aromatic N) is 2. The van der Waals surface area contributed by atoms with E-state index in [9.17, 15) is 13.9 Å². The molecule has 0 amide bonds. The second kappa shape index (κ2) is 4.35. The maximum absolute atomic E-state index is 11.3. The summed E-state index contributed by atoms with van der Waals surface area (Å²) in [5, 5.41) is 3.41. The van der Waals surface area contributed by atoms with Crippen molar-refractivity contribution >= 4 is 21.0 Å². The summed E-state index contributed by atoms with van der Waals surface area (Å²) in [7, 11) is -10.5. The lowest BCUT2D eigenvalue weighted by Crippen LogP contribution is -2.28. The fourth-order valence-corrected chi connectivity index (χ4v) is 3.96. The summed E-state index contributed by atoms with van der Waals surface area (Å²) in [6, 6.07) is -1.21. The molecule has 0 saturated heterocycles. The van der Waals surface area contributed by atoms with Crippen LogP contribution < -0.4 is 0 Å². The molecule has 0 spiro atoms. The van der Waals surface area contributed by atoms with Crippen molar-refractivity contribution in [2.24, 2.45) is 10.2 Å². The fourth-order valence-electron chi connectivity index (χ4n) is 1.44. The normalized spacial score (nSPS) is 23.9. The number of rotatable bonds is 4. The van der Waals surface area contributed by atoms with Gasteiger partial charge in [0.1, 0.15) is 6.04 Å². The molecule has 1 atom stereocenters. The lowest BCUT2D eigenvalue weighted by Gasteiger charge is -2.26. The van der Waals surface area contributed by atoms with Gasteiger partial charge in [-0.05, 0) is 0 Å². The molecule has 0 aromatic carbocycles. The van der Waals surface area contributed by atoms with Crippen molar-refractivity contribution in [3.63, 3.8) is 0 Å². The van der Waals surface area contributed by atoms with E-state index in [0.29, 0.717) is 0 Å². The molecule has 0 bridgehead atoms. The van der Waals surface area contributed by atoms with Crippen LogP contribution in [-0.4, -0.2) is 36.4 Å². The highest BCUT2D eigenvalue weighted by atomic mass is 31.2. The Bertz CT molecular complexity index is 427. The molecule has 9 nitrogen and oxygen atoms in total. The highest BCUT2D eigenvalue weighted by Crippen LogP contribution is 2.73. The van der Waals surface area contributed by atoms with Crippen LogP contribution in [0, 0.1) is 0 Å². The monoisotopic (exact) mass is 286 g/mol. The molecule has 11 heteroatoms. The first kappa shape index (κ1) is 14.6. The Balaban J connectivity index is 3.19. The van der Waals surface area contributed by atoms with Gasteiger partial charge in [-0.2, -0.15) is 10.2 Å². The first-order valence-electron chi connectivity index (χ1n) is 4.61. The van der Waals surface area contributed by atoms with Crippen LogP contribution in [0.4, 0.5) is 0 Å². The third kappa shape index (κ3) is 2.40. The van der Waals surface area contributed by atoms with Crippen molar-refractivity contribution in [2.45, 2.75) is 30.8 Å². The van der Waals surface area contributed by atoms with E-state index in [0.717, 1.165) is 0 Å². The van der Waals surface area contributed by atoms with Crippen molar-refractivity contribution in [3.05, 3.63) is 0 Å². The van der Waals surface area contributed by atoms with Gasteiger partial charge in [0.2, 0.25) is 0 Å². The zero-order valence-electron chi connectivity index (χ0n) is 8.79. The van der Waals surface area contributed by atoms with E-state index in [1.807, 2.05) is 0 Å². The molecule has 1 heterocycles. The van der Waals surface area contributed by atoms with Gasteiger partial charge in [0.05, 0.1) is 0 Å². The first-order valence-corrected chi connectivity index (χ1v) is 7.83. The van der Waals surface area contributed by atoms with Gasteiger partial charge in [-0.25, -0.2) is 0 Å². The molecule has 4 N–H and O–H groups in total. The maximum Gasteiger partial charge on any atom is 0.367 e. The molecule has 98 valence electrons. The molecule has 1 aliphatic heterocycles. The molecule has 0 aromatic rings. The summed E-state index contributed by atoms with van der Waals surface area (Å²) >= 11 is 0. The Morgan fingerprint density at radius 1 is 1.29 bits per heavy atom. The predicted octanol–water partition coefficient (Wildman–Crippen LogP) is 0.199. The Morgan fingerprint density at radius 2 is 1.76 bits per heavy atom. The number of hydrogen-bond acceptors (Lipinski definition) is 5. The molecular weight excluding hydrogens is 274 g/mol. The molecule has 0 radical (unpaired) electrons. The fraction of sp³-hybridized carbons (Fsp3) is 0.833. The van der Waals surface area contributed by atoms with Gasteiger partial charge in [0.15, 0.2) is 5.78 Å². The summed E-state index contributed by atoms with van der Waals surface area (Å²) in [4.78, 5) is 47.4. The van der Waals surface area contributed by atoms with Gasteiger partial charge in [-0.1, -0.05) is 6.92 Å². The van der Waals surface area contributed by atoms with Gasteiger partial charge in [0, 0.05) is 12.8 Å². The average Bonchev–Trinajstić information content (AvgIpc) is 2.60. The van der Waals surface area contributed by atoms with E-state index in [4.69, 9.17) is 19.6 Å². The number of ketones is 1. The smallest absolute Gasteiger partial charge is 0.322 e. The molecule has 0 aromatic heterocycles. The van der Waals surface area contributed by atoms with E-state index < -0.39 is 38.5 Å². The summed E-state index contributed by atoms with van der Waals surface area (Å²) in [5.41, 5.74) is 0. The van der Waals surface area contributed by atoms with Gasteiger partial charge < -0.3 is 19.6 Å². The summed E-state index contributed by atoms with van der Waals surface area (Å²) in [6.07, 6.45) is -0.726. The van der Waals surface area contributed by atoms with E-state index in [-0.39, 0.29) is 6.42 Å². The maximum atomic E-state index is 11.3. The highest BCUT2D eigenvalue weighted by Gasteiger charge is 2.65. The second-order valence-corrected chi connectivity index (χ2v) is 7.63. The van der Waals surface area contributed by atoms with Crippen LogP contribution in [-0.2, 0) is 13.9 Å². The van der Waals surface area contributed by atoms with Gasteiger partial charge >= 0.3 is 15.2 Å². The van der Waals surface area contributed by atoms with Crippen LogP contribution in [0.25, 0.3) is 0 Å². The lowest BCUT2D eigenvalue weighted by atomic mass is 10.1. The zero-order valence-corrected chi connectivity index (χ0v) is 10.6. The van der Waals surface area contributed by atoms with Crippen LogP contribution in [0.3, 0.4) is 0 Å². The Labute approximate surface area is 96.3 Å². The molecule has 1 unspecified atom stereocenters. The Morgan fingerprint density at radius 3 is 2.06 bits per heavy atom. The van der Waals surface area contributed by atoms with Crippen molar-refractivity contribution in [2.75, 3.05) is 0 Å². The minimum atomic E-state index is -5.23. The van der Waals surface area contributed by atoms with Crippen molar-refractivity contribution in [1.29, 1.82) is 0 Å². The molecule has 0 aliphatic carbocycles. The SMILES string of the molecule is CCC(=O)C1CC(P(=O)(O)O)(P(=O)(O)O)N=N1. The second-order valence-electron chi connectivity index (χ2n) is 3.62. The van der Waals surface area contributed by atoms with E-state index in [1.54, 1.807) is 0 Å². The van der Waals surface area contributed by atoms with E-state index >= 15 is 0 Å². The van der Waals surface area contributed by atoms with Crippen molar-refractivity contribution in [3.8, 4) is 0 Å². The number of hydrogen-bond donors (Lipinski definition) is 4.